The Morgan fingerprint density at radius 3 is 2.60 bits per heavy atom. The van der Waals surface area contributed by atoms with Crippen molar-refractivity contribution >= 4 is 12.1 Å². The summed E-state index contributed by atoms with van der Waals surface area (Å²) >= 11 is 0. The van der Waals surface area contributed by atoms with E-state index in [2.05, 4.69) is 10.5 Å². The van der Waals surface area contributed by atoms with Gasteiger partial charge in [0.1, 0.15) is 11.8 Å². The van der Waals surface area contributed by atoms with Gasteiger partial charge in [-0.1, -0.05) is 6.07 Å². The monoisotopic (exact) mass is 347 g/mol. The highest BCUT2D eigenvalue weighted by Gasteiger charge is 2.30. The summed E-state index contributed by atoms with van der Waals surface area (Å²) in [6.07, 6.45) is -3.19. The van der Waals surface area contributed by atoms with Gasteiger partial charge in [0.25, 0.3) is 5.91 Å². The molecule has 0 fully saturated rings. The fourth-order valence-electron chi connectivity index (χ4n) is 1.83. The number of nitrogens with one attached hydrogen (secondary N) is 1. The number of nitrogens with zero attached hydrogens (tertiary/aromatic N) is 2. The largest absolute Gasteiger partial charge is 0.479 e. The first kappa shape index (κ1) is 18.0. The van der Waals surface area contributed by atoms with E-state index in [-0.39, 0.29) is 12.2 Å². The summed E-state index contributed by atoms with van der Waals surface area (Å²) < 4.78 is 43.0. The molecule has 1 amide bonds. The van der Waals surface area contributed by atoms with Crippen molar-refractivity contribution in [3.8, 4) is 11.8 Å². The first-order valence-corrected chi connectivity index (χ1v) is 7.00. The van der Waals surface area contributed by atoms with Gasteiger partial charge in [0.15, 0.2) is 6.61 Å². The normalized spacial score (nSPS) is 11.1. The molecule has 2 aromatic rings. The highest BCUT2D eigenvalue weighted by atomic mass is 19.4. The van der Waals surface area contributed by atoms with Gasteiger partial charge in [-0.25, -0.2) is 5.43 Å². The molecular formula is C17H12F3N3O2. The number of benzene rings is 2. The molecule has 0 aliphatic rings. The molecule has 0 saturated heterocycles. The molecule has 0 aliphatic carbocycles. The summed E-state index contributed by atoms with van der Waals surface area (Å²) in [6.45, 7) is -0.0690. The molecule has 0 heterocycles. The fraction of sp³-hybridized carbons (Fsp3) is 0.118. The lowest BCUT2D eigenvalue weighted by atomic mass is 10.1. The molecule has 5 nitrogen and oxygen atoms in total. The standard InChI is InChI=1S/C17H12F3N3O2/c18-17(19,20)14-3-1-2-13(10-14)16(24)23-22-11-12-4-6-15(7-5-12)25-9-8-21/h1-7,10-11H,9H2,(H,23,24)/b22-11-. The van der Waals surface area contributed by atoms with Crippen LogP contribution in [0.25, 0.3) is 0 Å². The van der Waals surface area contributed by atoms with Crippen molar-refractivity contribution in [2.24, 2.45) is 5.10 Å². The van der Waals surface area contributed by atoms with Crippen LogP contribution < -0.4 is 10.2 Å². The van der Waals surface area contributed by atoms with Crippen LogP contribution in [0.3, 0.4) is 0 Å². The van der Waals surface area contributed by atoms with Gasteiger partial charge in [-0.15, -0.1) is 0 Å². The third-order valence-corrected chi connectivity index (χ3v) is 3.02. The average molecular weight is 347 g/mol. The van der Waals surface area contributed by atoms with Gasteiger partial charge in [0, 0.05) is 5.56 Å². The van der Waals surface area contributed by atoms with Crippen molar-refractivity contribution in [1.82, 2.24) is 5.43 Å². The second-order valence-electron chi connectivity index (χ2n) is 4.79. The van der Waals surface area contributed by atoms with E-state index in [0.717, 1.165) is 18.2 Å². The lowest BCUT2D eigenvalue weighted by Gasteiger charge is -2.07. The number of hydrogen-bond donors (Lipinski definition) is 1. The topological polar surface area (TPSA) is 74.5 Å². The van der Waals surface area contributed by atoms with Gasteiger partial charge in [-0.05, 0) is 48.0 Å². The quantitative estimate of drug-likeness (QED) is 0.666. The SMILES string of the molecule is N#CCOc1ccc(/C=N\NC(=O)c2cccc(C(F)(F)F)c2)cc1. The van der Waals surface area contributed by atoms with E-state index < -0.39 is 17.6 Å². The summed E-state index contributed by atoms with van der Waals surface area (Å²) in [5, 5.41) is 12.1. The molecule has 0 spiro atoms. The molecule has 0 aliphatic heterocycles. The van der Waals surface area contributed by atoms with Crippen molar-refractivity contribution in [2.45, 2.75) is 6.18 Å². The van der Waals surface area contributed by atoms with Gasteiger partial charge in [0.05, 0.1) is 11.8 Å². The Kier molecular flexibility index (Phi) is 5.74. The zero-order valence-electron chi connectivity index (χ0n) is 12.7. The van der Waals surface area contributed by atoms with Crippen LogP contribution in [0, 0.1) is 11.3 Å². The number of hydrogen-bond acceptors (Lipinski definition) is 4. The predicted molar refractivity (Wildman–Crippen MR) is 84.1 cm³/mol. The van der Waals surface area contributed by atoms with Crippen LogP contribution in [-0.4, -0.2) is 18.7 Å². The Morgan fingerprint density at radius 1 is 1.24 bits per heavy atom. The highest BCUT2D eigenvalue weighted by molar-refractivity contribution is 5.95. The molecule has 0 atom stereocenters. The van der Waals surface area contributed by atoms with Crippen molar-refractivity contribution in [3.05, 3.63) is 65.2 Å². The number of ether oxygens (including phenoxy) is 1. The van der Waals surface area contributed by atoms with Gasteiger partial charge in [-0.2, -0.15) is 23.5 Å². The number of hydrazone groups is 1. The molecule has 8 heteroatoms. The second-order valence-corrected chi connectivity index (χ2v) is 4.79. The van der Waals surface area contributed by atoms with E-state index in [0.29, 0.717) is 11.3 Å². The van der Waals surface area contributed by atoms with E-state index >= 15 is 0 Å². The minimum Gasteiger partial charge on any atom is -0.479 e. The summed E-state index contributed by atoms with van der Waals surface area (Å²) in [5.41, 5.74) is 1.75. The van der Waals surface area contributed by atoms with E-state index in [1.165, 1.54) is 12.3 Å². The Balaban J connectivity index is 1.98. The Labute approximate surface area is 141 Å². The van der Waals surface area contributed by atoms with E-state index in [1.54, 1.807) is 24.3 Å². The third-order valence-electron chi connectivity index (χ3n) is 3.02. The molecule has 0 radical (unpaired) electrons. The van der Waals surface area contributed by atoms with Gasteiger partial charge in [0.2, 0.25) is 0 Å². The second kappa shape index (κ2) is 7.97. The number of rotatable bonds is 5. The first-order valence-electron chi connectivity index (χ1n) is 7.00. The maximum absolute atomic E-state index is 12.6. The summed E-state index contributed by atoms with van der Waals surface area (Å²) in [6, 6.07) is 12.4. The van der Waals surface area contributed by atoms with Gasteiger partial charge in [-0.3, -0.25) is 4.79 Å². The number of carbonyl (C=O) groups excluding carboxylic acids is 1. The van der Waals surface area contributed by atoms with E-state index in [1.807, 2.05) is 6.07 Å². The molecule has 0 unspecified atom stereocenters. The average Bonchev–Trinajstić information content (AvgIpc) is 2.60. The molecule has 25 heavy (non-hydrogen) atoms. The number of carbonyl (C=O) groups is 1. The molecule has 0 bridgehead atoms. The molecule has 2 aromatic carbocycles. The summed E-state index contributed by atoms with van der Waals surface area (Å²) in [5.74, 6) is -0.247. The fourth-order valence-corrected chi connectivity index (χ4v) is 1.83. The summed E-state index contributed by atoms with van der Waals surface area (Å²) in [4.78, 5) is 11.8. The highest BCUT2D eigenvalue weighted by Crippen LogP contribution is 2.29. The van der Waals surface area contributed by atoms with Crippen LogP contribution in [0.4, 0.5) is 13.2 Å². The maximum Gasteiger partial charge on any atom is 0.416 e. The number of amides is 1. The Bertz CT molecular complexity index is 809. The van der Waals surface area contributed by atoms with E-state index in [9.17, 15) is 18.0 Å². The van der Waals surface area contributed by atoms with Crippen molar-refractivity contribution in [2.75, 3.05) is 6.61 Å². The Morgan fingerprint density at radius 2 is 1.96 bits per heavy atom. The van der Waals surface area contributed by atoms with Crippen LogP contribution in [0.1, 0.15) is 21.5 Å². The lowest BCUT2D eigenvalue weighted by Crippen LogP contribution is -2.18. The lowest BCUT2D eigenvalue weighted by molar-refractivity contribution is -0.137. The molecule has 1 N–H and O–H groups in total. The molecule has 128 valence electrons. The minimum atomic E-state index is -4.52. The van der Waals surface area contributed by atoms with Crippen LogP contribution in [-0.2, 0) is 6.18 Å². The number of nitriles is 1. The molecular weight excluding hydrogens is 335 g/mol. The van der Waals surface area contributed by atoms with Crippen LogP contribution in [0.5, 0.6) is 5.75 Å². The molecule has 2 rings (SSSR count). The van der Waals surface area contributed by atoms with Gasteiger partial charge >= 0.3 is 6.18 Å². The van der Waals surface area contributed by atoms with Crippen LogP contribution >= 0.6 is 0 Å². The maximum atomic E-state index is 12.6. The first-order chi connectivity index (χ1) is 11.9. The van der Waals surface area contributed by atoms with Gasteiger partial charge < -0.3 is 4.74 Å². The molecule has 0 aromatic heterocycles. The van der Waals surface area contributed by atoms with Crippen molar-refractivity contribution in [3.63, 3.8) is 0 Å². The Hall–Kier alpha value is -3.34. The van der Waals surface area contributed by atoms with Crippen molar-refractivity contribution in [1.29, 1.82) is 5.26 Å². The van der Waals surface area contributed by atoms with Crippen molar-refractivity contribution < 1.29 is 22.7 Å². The zero-order valence-corrected chi connectivity index (χ0v) is 12.7. The number of alkyl halides is 3. The smallest absolute Gasteiger partial charge is 0.416 e. The van der Waals surface area contributed by atoms with E-state index in [4.69, 9.17) is 10.00 Å². The van der Waals surface area contributed by atoms with Crippen LogP contribution in [0.2, 0.25) is 0 Å². The third kappa shape index (κ3) is 5.35. The minimum absolute atomic E-state index is 0.0690. The zero-order chi connectivity index (χ0) is 18.3. The van der Waals surface area contributed by atoms with Crippen LogP contribution in [0.15, 0.2) is 53.6 Å². The summed E-state index contributed by atoms with van der Waals surface area (Å²) in [7, 11) is 0. The molecule has 0 saturated carbocycles. The number of halogens is 3. The predicted octanol–water partition coefficient (Wildman–Crippen LogP) is 3.37.